The van der Waals surface area contributed by atoms with E-state index in [4.69, 9.17) is 23.9 Å². The zero-order valence-electron chi connectivity index (χ0n) is 33.4. The van der Waals surface area contributed by atoms with E-state index < -0.39 is 62.8 Å². The number of benzene rings is 2. The SMILES string of the molecule is COc1ccc2c(O[C@@H]3C[C@H]4C(=O)N[C@]5(C(=O)NS(=O)(=O)C6CC6)CC5CCCCCCC[C@H](NC(=O)OC5CCOCC5)C(=O)N4C3)cc(-c3ccccc3)nc2c1. The first-order valence-corrected chi connectivity index (χ1v) is 22.5. The van der Waals surface area contributed by atoms with Crippen LogP contribution in [-0.2, 0) is 33.9 Å². The molecule has 2 saturated carbocycles. The first kappa shape index (κ1) is 40.8. The van der Waals surface area contributed by atoms with Crippen molar-refractivity contribution in [2.24, 2.45) is 5.92 Å². The molecule has 0 spiro atoms. The molecule has 2 aromatic carbocycles. The van der Waals surface area contributed by atoms with Gasteiger partial charge in [0.2, 0.25) is 21.8 Å². The summed E-state index contributed by atoms with van der Waals surface area (Å²) in [7, 11) is -2.30. The van der Waals surface area contributed by atoms with Crippen LogP contribution in [0.2, 0.25) is 0 Å². The third kappa shape index (κ3) is 9.28. The Morgan fingerprint density at radius 3 is 2.41 bits per heavy atom. The van der Waals surface area contributed by atoms with Gasteiger partial charge in [-0.3, -0.25) is 19.1 Å². The van der Waals surface area contributed by atoms with Gasteiger partial charge in [-0.05, 0) is 50.2 Å². The Kier molecular flexibility index (Phi) is 12.0. The monoisotopic (exact) mass is 831 g/mol. The molecule has 8 rings (SSSR count). The molecule has 316 valence electrons. The van der Waals surface area contributed by atoms with Crippen molar-refractivity contribution < 1.29 is 46.5 Å². The molecule has 5 atom stereocenters. The lowest BCUT2D eigenvalue weighted by atomic mass is 10.0. The van der Waals surface area contributed by atoms with Crippen molar-refractivity contribution in [1.82, 2.24) is 25.2 Å². The van der Waals surface area contributed by atoms with Crippen LogP contribution >= 0.6 is 0 Å². The molecular formula is C43H53N5O10S. The highest BCUT2D eigenvalue weighted by Gasteiger charge is 2.62. The van der Waals surface area contributed by atoms with Crippen molar-refractivity contribution in [3.05, 3.63) is 54.6 Å². The quantitative estimate of drug-likeness (QED) is 0.270. The van der Waals surface area contributed by atoms with E-state index in [1.807, 2.05) is 54.6 Å². The number of pyridine rings is 1. The normalized spacial score (nSPS) is 27.0. The maximum atomic E-state index is 14.8. The second-order valence-corrected chi connectivity index (χ2v) is 18.5. The molecule has 16 heteroatoms. The lowest BCUT2D eigenvalue weighted by Gasteiger charge is -2.30. The maximum Gasteiger partial charge on any atom is 0.408 e. The van der Waals surface area contributed by atoms with Gasteiger partial charge in [0.15, 0.2) is 0 Å². The number of nitrogens with zero attached hydrogens (tertiary/aromatic N) is 2. The van der Waals surface area contributed by atoms with E-state index in [-0.39, 0.29) is 25.0 Å². The Balaban J connectivity index is 1.11. The zero-order valence-corrected chi connectivity index (χ0v) is 34.2. The number of hydrogen-bond acceptors (Lipinski definition) is 11. The second-order valence-electron chi connectivity index (χ2n) is 16.5. The van der Waals surface area contributed by atoms with Gasteiger partial charge in [-0.1, -0.05) is 62.4 Å². The molecule has 0 bridgehead atoms. The van der Waals surface area contributed by atoms with Crippen molar-refractivity contribution in [3.63, 3.8) is 0 Å². The van der Waals surface area contributed by atoms with Gasteiger partial charge in [0, 0.05) is 42.3 Å². The van der Waals surface area contributed by atoms with Crippen molar-refractivity contribution in [3.8, 4) is 22.8 Å². The molecule has 1 unspecified atom stereocenters. The van der Waals surface area contributed by atoms with E-state index in [0.717, 1.165) is 31.2 Å². The van der Waals surface area contributed by atoms with Crippen LogP contribution in [0.4, 0.5) is 4.79 Å². The smallest absolute Gasteiger partial charge is 0.408 e. The number of carbonyl (C=O) groups excluding carboxylic acids is 4. The van der Waals surface area contributed by atoms with Crippen LogP contribution in [0.15, 0.2) is 54.6 Å². The van der Waals surface area contributed by atoms with Crippen molar-refractivity contribution in [2.75, 3.05) is 26.9 Å². The van der Waals surface area contributed by atoms with Crippen LogP contribution in [0.5, 0.6) is 11.5 Å². The van der Waals surface area contributed by atoms with E-state index in [1.54, 1.807) is 7.11 Å². The standard InChI is InChI=1S/C43H53N5O10S/c1-55-30-14-17-33-36(22-30)44-35(27-10-6-5-7-11-27)24-38(33)57-31-23-37-39(49)46-43(41(51)47-59(53,54)32-15-16-32)25-28(43)12-8-3-2-4-9-13-34(40(50)48(37)26-31)45-42(52)58-29-18-20-56-21-19-29/h5-7,10-11,14,17,22,24,28-29,31-32,34,37H,2-4,8-9,12-13,15-16,18-21,23,25-26H2,1H3,(H,45,52)(H,46,49)(H,47,51)/t28?,31-,34+,37+,43-/m1/s1. The highest BCUT2D eigenvalue weighted by molar-refractivity contribution is 7.91. The predicted molar refractivity (Wildman–Crippen MR) is 217 cm³/mol. The van der Waals surface area contributed by atoms with Gasteiger partial charge < -0.3 is 34.5 Å². The molecule has 2 aliphatic carbocycles. The summed E-state index contributed by atoms with van der Waals surface area (Å²) in [5, 5.41) is 5.88. The molecule has 15 nitrogen and oxygen atoms in total. The number of nitrogens with one attached hydrogen (secondary N) is 3. The fourth-order valence-electron chi connectivity index (χ4n) is 8.71. The fraction of sp³-hybridized carbons (Fsp3) is 0.558. The summed E-state index contributed by atoms with van der Waals surface area (Å²) < 4.78 is 51.5. The minimum atomic E-state index is -3.88. The minimum absolute atomic E-state index is 0.00341. The lowest BCUT2D eigenvalue weighted by molar-refractivity contribution is -0.141. The summed E-state index contributed by atoms with van der Waals surface area (Å²) in [6, 6.07) is 14.9. The first-order valence-electron chi connectivity index (χ1n) is 21.0. The third-order valence-corrected chi connectivity index (χ3v) is 14.1. The molecular weight excluding hydrogens is 779 g/mol. The van der Waals surface area contributed by atoms with E-state index >= 15 is 0 Å². The Morgan fingerprint density at radius 1 is 0.915 bits per heavy atom. The van der Waals surface area contributed by atoms with Crippen LogP contribution < -0.4 is 24.8 Å². The van der Waals surface area contributed by atoms with Gasteiger partial charge in [-0.25, -0.2) is 18.2 Å². The number of amides is 4. The highest BCUT2D eigenvalue weighted by Crippen LogP contribution is 2.48. The molecule has 0 radical (unpaired) electrons. The van der Waals surface area contributed by atoms with E-state index in [0.29, 0.717) is 92.7 Å². The van der Waals surface area contributed by atoms with Gasteiger partial charge in [0.25, 0.3) is 5.91 Å². The third-order valence-electron chi connectivity index (χ3n) is 12.3. The number of carbonyl (C=O) groups is 4. The fourth-order valence-corrected chi connectivity index (χ4v) is 10.1. The number of ether oxygens (including phenoxy) is 4. The van der Waals surface area contributed by atoms with Gasteiger partial charge in [-0.15, -0.1) is 0 Å². The second kappa shape index (κ2) is 17.3. The molecule has 1 aromatic heterocycles. The Labute approximate surface area is 344 Å². The number of rotatable bonds is 9. The van der Waals surface area contributed by atoms with Crippen LogP contribution in [-0.4, -0.2) is 104 Å². The minimum Gasteiger partial charge on any atom is -0.497 e. The lowest BCUT2D eigenvalue weighted by Crippen LogP contribution is -2.58. The van der Waals surface area contributed by atoms with Crippen molar-refractivity contribution in [1.29, 1.82) is 0 Å². The molecule has 3 saturated heterocycles. The average molecular weight is 832 g/mol. The van der Waals surface area contributed by atoms with Gasteiger partial charge in [0.1, 0.15) is 41.3 Å². The Bertz CT molecular complexity index is 2160. The average Bonchev–Trinajstić information content (AvgIpc) is 4.17. The number of fused-ring (bicyclic) bond motifs is 3. The summed E-state index contributed by atoms with van der Waals surface area (Å²) in [5.41, 5.74) is 0.722. The number of hydrogen-bond donors (Lipinski definition) is 3. The van der Waals surface area contributed by atoms with Crippen LogP contribution in [0.3, 0.4) is 0 Å². The van der Waals surface area contributed by atoms with Gasteiger partial charge in [-0.2, -0.15) is 0 Å². The number of sulfonamides is 1. The topological polar surface area (TPSA) is 192 Å². The molecule has 59 heavy (non-hydrogen) atoms. The molecule has 4 heterocycles. The van der Waals surface area contributed by atoms with Gasteiger partial charge in [0.05, 0.1) is 43.3 Å². The van der Waals surface area contributed by atoms with Crippen molar-refractivity contribution >= 4 is 44.7 Å². The highest BCUT2D eigenvalue weighted by atomic mass is 32.2. The summed E-state index contributed by atoms with van der Waals surface area (Å²) >= 11 is 0. The summed E-state index contributed by atoms with van der Waals surface area (Å²) in [6.45, 7) is 0.960. The molecule has 3 N–H and O–H groups in total. The van der Waals surface area contributed by atoms with E-state index in [2.05, 4.69) is 15.4 Å². The van der Waals surface area contributed by atoms with E-state index in [1.165, 1.54) is 4.90 Å². The zero-order chi connectivity index (χ0) is 41.1. The largest absolute Gasteiger partial charge is 0.497 e. The molecule has 3 aromatic rings. The van der Waals surface area contributed by atoms with Crippen LogP contribution in [0.1, 0.15) is 83.5 Å². The molecule has 5 aliphatic rings. The molecule has 5 fully saturated rings. The number of alkyl carbamates (subject to hydrolysis) is 1. The van der Waals surface area contributed by atoms with Crippen LogP contribution in [0.25, 0.3) is 22.2 Å². The predicted octanol–water partition coefficient (Wildman–Crippen LogP) is 4.76. The molecule has 3 aliphatic heterocycles. The number of aromatic nitrogens is 1. The Hall–Kier alpha value is -4.96. The summed E-state index contributed by atoms with van der Waals surface area (Å²) in [6.07, 6.45) is 5.70. The van der Waals surface area contributed by atoms with Crippen molar-refractivity contribution in [2.45, 2.75) is 119 Å². The first-order chi connectivity index (χ1) is 28.5. The Morgan fingerprint density at radius 2 is 1.66 bits per heavy atom. The van der Waals surface area contributed by atoms with E-state index in [9.17, 15) is 27.6 Å². The molecule has 4 amide bonds. The summed E-state index contributed by atoms with van der Waals surface area (Å²) in [5.74, 6) is -0.932. The number of methoxy groups -OCH3 is 1. The van der Waals surface area contributed by atoms with Gasteiger partial charge >= 0.3 is 6.09 Å². The maximum absolute atomic E-state index is 14.8. The van der Waals surface area contributed by atoms with Crippen LogP contribution in [0, 0.1) is 5.92 Å². The summed E-state index contributed by atoms with van der Waals surface area (Å²) in [4.78, 5) is 62.9.